The fraction of sp³-hybridized carbons (Fsp3) is 0.120. The number of rotatable bonds is 6. The van der Waals surface area contributed by atoms with E-state index in [0.29, 0.717) is 21.6 Å². The zero-order chi connectivity index (χ0) is 22.7. The lowest BCUT2D eigenvalue weighted by Gasteiger charge is -2.14. The number of anilines is 1. The van der Waals surface area contributed by atoms with Crippen molar-refractivity contribution < 1.29 is 9.53 Å². The molecule has 1 saturated heterocycles. The highest BCUT2D eigenvalue weighted by atomic mass is 79.9. The van der Waals surface area contributed by atoms with Crippen LogP contribution in [0.3, 0.4) is 0 Å². The summed E-state index contributed by atoms with van der Waals surface area (Å²) in [7, 11) is 4.04. The molecule has 32 heavy (non-hydrogen) atoms. The quantitative estimate of drug-likeness (QED) is 0.305. The van der Waals surface area contributed by atoms with Crippen molar-refractivity contribution in [2.75, 3.05) is 19.0 Å². The Balaban J connectivity index is 1.69. The second-order valence-corrected chi connectivity index (χ2v) is 10.00. The molecule has 0 radical (unpaired) electrons. The molecule has 1 aliphatic rings. The van der Waals surface area contributed by atoms with Crippen LogP contribution in [0.4, 0.5) is 5.69 Å². The number of hydrogen-bond acceptors (Lipinski definition) is 5. The molecule has 3 aromatic rings. The summed E-state index contributed by atoms with van der Waals surface area (Å²) in [6, 6.07) is 22.3. The number of hydrogen-bond donors (Lipinski definition) is 1. The largest absolute Gasteiger partial charge is 0.488 e. The summed E-state index contributed by atoms with van der Waals surface area (Å²) in [6.07, 6.45) is 1.84. The Morgan fingerprint density at radius 1 is 1.06 bits per heavy atom. The normalized spacial score (nSPS) is 14.5. The molecule has 0 aromatic heterocycles. The van der Waals surface area contributed by atoms with Gasteiger partial charge in [-0.25, -0.2) is 0 Å². The minimum Gasteiger partial charge on any atom is -0.488 e. The van der Waals surface area contributed by atoms with Crippen LogP contribution >= 0.6 is 39.9 Å². The molecule has 1 aliphatic heterocycles. The van der Waals surface area contributed by atoms with E-state index in [-0.39, 0.29) is 5.91 Å². The van der Waals surface area contributed by atoms with Crippen LogP contribution < -0.4 is 15.0 Å². The van der Waals surface area contributed by atoms with E-state index < -0.39 is 0 Å². The lowest BCUT2D eigenvalue weighted by Crippen LogP contribution is -2.17. The molecule has 0 spiro atoms. The summed E-state index contributed by atoms with van der Waals surface area (Å²) in [5, 5.41) is 2.67. The predicted molar refractivity (Wildman–Crippen MR) is 141 cm³/mol. The first-order chi connectivity index (χ1) is 15.4. The summed E-state index contributed by atoms with van der Waals surface area (Å²) in [5.41, 5.74) is 5.14. The lowest BCUT2D eigenvalue weighted by atomic mass is 10.0. The van der Waals surface area contributed by atoms with Crippen molar-refractivity contribution in [3.63, 3.8) is 0 Å². The first-order valence-electron chi connectivity index (χ1n) is 9.93. The Morgan fingerprint density at radius 3 is 2.44 bits per heavy atom. The van der Waals surface area contributed by atoms with Gasteiger partial charge in [0.05, 0.1) is 4.91 Å². The first kappa shape index (κ1) is 22.6. The van der Waals surface area contributed by atoms with Crippen LogP contribution in [0.25, 0.3) is 17.2 Å². The smallest absolute Gasteiger partial charge is 0.263 e. The SMILES string of the molecule is CN(C)c1ccc(-c2ccc(OCc3ccccc3Br)c(/C=C3/SC(=S)NC3=O)c2)cc1. The van der Waals surface area contributed by atoms with E-state index in [1.165, 1.54) is 11.8 Å². The monoisotopic (exact) mass is 524 g/mol. The summed E-state index contributed by atoms with van der Waals surface area (Å²) < 4.78 is 7.62. The van der Waals surface area contributed by atoms with Crippen LogP contribution in [-0.4, -0.2) is 24.3 Å². The van der Waals surface area contributed by atoms with Crippen molar-refractivity contribution in [1.29, 1.82) is 0 Å². The molecule has 4 rings (SSSR count). The van der Waals surface area contributed by atoms with Crippen LogP contribution in [0.1, 0.15) is 11.1 Å². The van der Waals surface area contributed by atoms with E-state index in [1.54, 1.807) is 0 Å². The number of ether oxygens (including phenoxy) is 1. The Labute approximate surface area is 205 Å². The van der Waals surface area contributed by atoms with Gasteiger partial charge in [-0.3, -0.25) is 4.79 Å². The molecule has 162 valence electrons. The van der Waals surface area contributed by atoms with Gasteiger partial charge in [-0.05, 0) is 47.5 Å². The van der Waals surface area contributed by atoms with Gasteiger partial charge in [0.1, 0.15) is 16.7 Å². The number of thioether (sulfide) groups is 1. The molecule has 0 saturated carbocycles. The maximum Gasteiger partial charge on any atom is 0.263 e. The Bertz CT molecular complexity index is 1210. The zero-order valence-electron chi connectivity index (χ0n) is 17.6. The molecule has 1 heterocycles. The van der Waals surface area contributed by atoms with Gasteiger partial charge >= 0.3 is 0 Å². The Morgan fingerprint density at radius 2 is 1.78 bits per heavy atom. The molecule has 3 aromatic carbocycles. The Hall–Kier alpha value is -2.61. The number of carbonyl (C=O) groups excluding carboxylic acids is 1. The predicted octanol–water partition coefficient (Wildman–Crippen LogP) is 6.25. The van der Waals surface area contributed by atoms with Crippen molar-refractivity contribution in [3.05, 3.63) is 87.2 Å². The van der Waals surface area contributed by atoms with E-state index in [9.17, 15) is 4.79 Å². The molecule has 4 nitrogen and oxygen atoms in total. The number of benzene rings is 3. The van der Waals surface area contributed by atoms with Crippen molar-refractivity contribution in [2.45, 2.75) is 6.61 Å². The third kappa shape index (κ3) is 5.23. The second-order valence-electron chi connectivity index (χ2n) is 7.43. The van der Waals surface area contributed by atoms with Crippen LogP contribution in [0.2, 0.25) is 0 Å². The first-order valence-corrected chi connectivity index (χ1v) is 12.0. The molecular weight excluding hydrogens is 504 g/mol. The second kappa shape index (κ2) is 9.90. The fourth-order valence-corrected chi connectivity index (χ4v) is 4.69. The van der Waals surface area contributed by atoms with E-state index in [4.69, 9.17) is 17.0 Å². The van der Waals surface area contributed by atoms with Gasteiger partial charge in [-0.1, -0.05) is 76.3 Å². The fourth-order valence-electron chi connectivity index (χ4n) is 3.26. The molecule has 0 atom stereocenters. The summed E-state index contributed by atoms with van der Waals surface area (Å²) in [4.78, 5) is 14.9. The van der Waals surface area contributed by atoms with E-state index in [1.807, 2.05) is 62.6 Å². The average molecular weight is 525 g/mol. The number of nitrogens with one attached hydrogen (secondary N) is 1. The number of amides is 1. The highest BCUT2D eigenvalue weighted by Gasteiger charge is 2.22. The van der Waals surface area contributed by atoms with Gasteiger partial charge in [-0.15, -0.1) is 0 Å². The van der Waals surface area contributed by atoms with Crippen LogP contribution in [0.15, 0.2) is 76.1 Å². The molecular formula is C25H21BrN2O2S2. The number of halogens is 1. The van der Waals surface area contributed by atoms with Crippen molar-refractivity contribution in [3.8, 4) is 16.9 Å². The van der Waals surface area contributed by atoms with E-state index >= 15 is 0 Å². The van der Waals surface area contributed by atoms with Gasteiger partial charge in [0.25, 0.3) is 5.91 Å². The maximum absolute atomic E-state index is 12.2. The van der Waals surface area contributed by atoms with Gasteiger partial charge in [0.2, 0.25) is 0 Å². The van der Waals surface area contributed by atoms with E-state index in [0.717, 1.165) is 32.4 Å². The highest BCUT2D eigenvalue weighted by molar-refractivity contribution is 9.10. The van der Waals surface area contributed by atoms with Crippen molar-refractivity contribution in [1.82, 2.24) is 5.32 Å². The van der Waals surface area contributed by atoms with Gasteiger partial charge in [-0.2, -0.15) is 0 Å². The standard InChI is InChI=1S/C25H21BrN2O2S2/c1-28(2)20-10-7-16(8-11-20)17-9-12-22(30-15-18-5-3-4-6-21(18)26)19(13-17)14-23-24(29)27-25(31)32-23/h3-14H,15H2,1-2H3,(H,27,29,31)/b23-14+. The average Bonchev–Trinajstić information content (AvgIpc) is 3.10. The van der Waals surface area contributed by atoms with Gasteiger partial charge in [0, 0.05) is 35.4 Å². The molecule has 7 heteroatoms. The lowest BCUT2D eigenvalue weighted by molar-refractivity contribution is -0.115. The molecule has 0 aliphatic carbocycles. The third-order valence-electron chi connectivity index (χ3n) is 5.00. The molecule has 0 bridgehead atoms. The number of nitrogens with zero attached hydrogens (tertiary/aromatic N) is 1. The maximum atomic E-state index is 12.2. The third-order valence-corrected chi connectivity index (χ3v) is 6.93. The molecule has 0 unspecified atom stereocenters. The van der Waals surface area contributed by atoms with Crippen LogP contribution in [-0.2, 0) is 11.4 Å². The summed E-state index contributed by atoms with van der Waals surface area (Å²) in [5.74, 6) is 0.519. The van der Waals surface area contributed by atoms with Gasteiger partial charge in [0.15, 0.2) is 0 Å². The topological polar surface area (TPSA) is 41.6 Å². The van der Waals surface area contributed by atoms with Crippen molar-refractivity contribution >= 4 is 61.9 Å². The minimum atomic E-state index is -0.183. The summed E-state index contributed by atoms with van der Waals surface area (Å²) >= 11 is 9.97. The van der Waals surface area contributed by atoms with Crippen LogP contribution in [0, 0.1) is 0 Å². The molecule has 1 fully saturated rings. The minimum absolute atomic E-state index is 0.183. The number of thiocarbonyl (C=S) groups is 1. The van der Waals surface area contributed by atoms with E-state index in [2.05, 4.69) is 50.4 Å². The van der Waals surface area contributed by atoms with Gasteiger partial charge < -0.3 is 15.0 Å². The van der Waals surface area contributed by atoms with Crippen molar-refractivity contribution in [2.24, 2.45) is 0 Å². The highest BCUT2D eigenvalue weighted by Crippen LogP contribution is 2.33. The zero-order valence-corrected chi connectivity index (χ0v) is 20.8. The molecule has 1 amide bonds. The van der Waals surface area contributed by atoms with Crippen LogP contribution in [0.5, 0.6) is 5.75 Å². The Kier molecular flexibility index (Phi) is 6.98. The summed E-state index contributed by atoms with van der Waals surface area (Å²) in [6.45, 7) is 0.409. The number of carbonyl (C=O) groups is 1. The molecule has 1 N–H and O–H groups in total.